The second-order valence-corrected chi connectivity index (χ2v) is 11.1. The van der Waals surface area contributed by atoms with E-state index in [0.717, 1.165) is 50.5 Å². The molecule has 0 saturated carbocycles. The summed E-state index contributed by atoms with van der Waals surface area (Å²) in [6.07, 6.45) is 20.2. The van der Waals surface area contributed by atoms with Gasteiger partial charge < -0.3 is 5.53 Å². The SMILES string of the molecule is CCCCCCCCc1cccc(C(=C(CCCCC)C(=C=[N+]=[N-])CCCC)c2ccc(CCCC)cc2)c1. The van der Waals surface area contributed by atoms with Gasteiger partial charge in [0.1, 0.15) is 0 Å². The fourth-order valence-electron chi connectivity index (χ4n) is 5.39. The molecule has 2 aromatic rings. The average molecular weight is 527 g/mol. The summed E-state index contributed by atoms with van der Waals surface area (Å²) in [4.78, 5) is 3.42. The predicted octanol–water partition coefficient (Wildman–Crippen LogP) is 11.3. The van der Waals surface area contributed by atoms with Gasteiger partial charge in [0.25, 0.3) is 0 Å². The molecule has 0 spiro atoms. The lowest BCUT2D eigenvalue weighted by atomic mass is 9.84. The predicted molar refractivity (Wildman–Crippen MR) is 170 cm³/mol. The Hall–Kier alpha value is -2.66. The van der Waals surface area contributed by atoms with E-state index in [9.17, 15) is 5.53 Å². The monoisotopic (exact) mass is 526 g/mol. The van der Waals surface area contributed by atoms with Gasteiger partial charge in [0, 0.05) is 0 Å². The molecular formula is C37H54N2. The molecule has 212 valence electrons. The van der Waals surface area contributed by atoms with Crippen molar-refractivity contribution in [3.8, 4) is 0 Å². The van der Waals surface area contributed by atoms with Crippen molar-refractivity contribution in [2.45, 2.75) is 137 Å². The first-order valence-electron chi connectivity index (χ1n) is 16.1. The second-order valence-electron chi connectivity index (χ2n) is 11.1. The van der Waals surface area contributed by atoms with Crippen molar-refractivity contribution in [1.29, 1.82) is 0 Å². The molecule has 0 bridgehead atoms. The van der Waals surface area contributed by atoms with E-state index >= 15 is 0 Å². The summed E-state index contributed by atoms with van der Waals surface area (Å²) in [5, 5.41) is 0. The van der Waals surface area contributed by atoms with Crippen molar-refractivity contribution in [3.63, 3.8) is 0 Å². The summed E-state index contributed by atoms with van der Waals surface area (Å²) in [6, 6.07) is 18.5. The summed E-state index contributed by atoms with van der Waals surface area (Å²) in [5.74, 6) is 3.02. The third-order valence-electron chi connectivity index (χ3n) is 7.76. The topological polar surface area (TPSA) is 36.4 Å². The van der Waals surface area contributed by atoms with Crippen molar-refractivity contribution in [2.24, 2.45) is 0 Å². The summed E-state index contributed by atoms with van der Waals surface area (Å²) >= 11 is 0. The van der Waals surface area contributed by atoms with Gasteiger partial charge in [0.05, 0.1) is 5.57 Å². The maximum atomic E-state index is 9.59. The molecule has 0 aromatic heterocycles. The molecule has 0 heterocycles. The van der Waals surface area contributed by atoms with E-state index in [1.54, 1.807) is 0 Å². The van der Waals surface area contributed by atoms with Crippen molar-refractivity contribution in [1.82, 2.24) is 0 Å². The summed E-state index contributed by atoms with van der Waals surface area (Å²) < 4.78 is 0. The van der Waals surface area contributed by atoms with E-state index < -0.39 is 0 Å². The molecule has 2 heteroatoms. The van der Waals surface area contributed by atoms with Crippen LogP contribution in [0.4, 0.5) is 0 Å². The van der Waals surface area contributed by atoms with E-state index in [4.69, 9.17) is 0 Å². The Balaban J connectivity index is 2.57. The van der Waals surface area contributed by atoms with E-state index in [1.807, 2.05) is 0 Å². The molecule has 2 nitrogen and oxygen atoms in total. The van der Waals surface area contributed by atoms with Crippen LogP contribution in [0.15, 0.2) is 59.7 Å². The number of unbranched alkanes of at least 4 members (excludes halogenated alkanes) is 9. The van der Waals surface area contributed by atoms with Gasteiger partial charge in [-0.05, 0) is 84.8 Å². The second kappa shape index (κ2) is 20.3. The molecule has 0 radical (unpaired) electrons. The van der Waals surface area contributed by atoms with Gasteiger partial charge >= 0.3 is 5.87 Å². The maximum Gasteiger partial charge on any atom is 0.303 e. The lowest BCUT2D eigenvalue weighted by Crippen LogP contribution is -2.02. The first-order valence-corrected chi connectivity index (χ1v) is 16.1. The van der Waals surface area contributed by atoms with E-state index in [1.165, 1.54) is 97.6 Å². The first kappa shape index (κ1) is 32.6. The van der Waals surface area contributed by atoms with Crippen LogP contribution in [0.5, 0.6) is 0 Å². The van der Waals surface area contributed by atoms with Crippen LogP contribution in [0.25, 0.3) is 11.1 Å². The minimum atomic E-state index is 0.886. The highest BCUT2D eigenvalue weighted by molar-refractivity contribution is 5.87. The van der Waals surface area contributed by atoms with Crippen molar-refractivity contribution >= 4 is 11.4 Å². The Kier molecular flexibility index (Phi) is 16.9. The molecule has 2 rings (SSSR count). The average Bonchev–Trinajstić information content (AvgIpc) is 2.96. The number of aryl methyl sites for hydroxylation is 2. The summed E-state index contributed by atoms with van der Waals surface area (Å²) in [6.45, 7) is 9.01. The highest BCUT2D eigenvalue weighted by Crippen LogP contribution is 2.35. The zero-order chi connectivity index (χ0) is 28.1. The normalized spacial score (nSPS) is 11.6. The van der Waals surface area contributed by atoms with Gasteiger partial charge in [-0.2, -0.15) is 0 Å². The number of hydrogen-bond acceptors (Lipinski definition) is 0. The van der Waals surface area contributed by atoms with Gasteiger partial charge in [-0.15, -0.1) is 4.79 Å². The van der Waals surface area contributed by atoms with Gasteiger partial charge in [-0.25, -0.2) is 0 Å². The van der Waals surface area contributed by atoms with Crippen LogP contribution in [0, 0.1) is 0 Å². The Bertz CT molecular complexity index is 1060. The van der Waals surface area contributed by atoms with Crippen LogP contribution in [0.3, 0.4) is 0 Å². The smallest absolute Gasteiger partial charge is 0.303 e. The zero-order valence-corrected chi connectivity index (χ0v) is 25.5. The van der Waals surface area contributed by atoms with Crippen molar-refractivity contribution < 1.29 is 4.79 Å². The molecule has 0 unspecified atom stereocenters. The molecule has 0 amide bonds. The minimum absolute atomic E-state index is 0.886. The fraction of sp³-hybridized carbons (Fsp3) is 0.568. The molecule has 0 atom stereocenters. The number of nitrogens with zero attached hydrogens (tertiary/aromatic N) is 2. The number of allylic oxidation sites excluding steroid dienone is 2. The van der Waals surface area contributed by atoms with E-state index in [2.05, 4.69) is 86.9 Å². The first-order chi connectivity index (χ1) is 19.2. The molecular weight excluding hydrogens is 472 g/mol. The number of benzene rings is 2. The lowest BCUT2D eigenvalue weighted by molar-refractivity contribution is 0.00739. The number of rotatable bonds is 20. The quantitative estimate of drug-likeness (QED) is 0.0541. The van der Waals surface area contributed by atoms with Crippen LogP contribution >= 0.6 is 0 Å². The molecule has 0 aliphatic carbocycles. The largest absolute Gasteiger partial charge is 0.348 e. The molecule has 0 fully saturated rings. The standard InChI is InChI=1S/C37H54N2/c1-5-9-13-14-15-17-20-32-21-18-23-34(29-32)37(33-27-25-31(26-28-33)19-11-7-3)36(24-16-10-6-2)35(30-39-38)22-12-8-4/h18,21,23,25-29H,5-17,19-20,22,24H2,1-4H3. The Morgan fingerprint density at radius 1 is 0.615 bits per heavy atom. The fourth-order valence-corrected chi connectivity index (χ4v) is 5.39. The number of hydrogen-bond donors (Lipinski definition) is 0. The van der Waals surface area contributed by atoms with Crippen LogP contribution in [-0.4, -0.2) is 10.7 Å². The molecule has 0 saturated heterocycles. The van der Waals surface area contributed by atoms with Crippen LogP contribution in [0.1, 0.15) is 146 Å². The summed E-state index contributed by atoms with van der Waals surface area (Å²) in [7, 11) is 0. The Labute approximate surface area is 240 Å². The lowest BCUT2D eigenvalue weighted by Gasteiger charge is -2.18. The molecule has 39 heavy (non-hydrogen) atoms. The van der Waals surface area contributed by atoms with Crippen molar-refractivity contribution in [2.75, 3.05) is 0 Å². The van der Waals surface area contributed by atoms with Crippen LogP contribution < -0.4 is 0 Å². The Morgan fingerprint density at radius 2 is 1.26 bits per heavy atom. The van der Waals surface area contributed by atoms with E-state index in [0.29, 0.717) is 0 Å². The van der Waals surface area contributed by atoms with Gasteiger partial charge in [0.15, 0.2) is 0 Å². The molecule has 2 aromatic carbocycles. The third kappa shape index (κ3) is 11.9. The zero-order valence-electron chi connectivity index (χ0n) is 25.5. The molecule has 0 aliphatic heterocycles. The van der Waals surface area contributed by atoms with Gasteiger partial charge in [0.2, 0.25) is 0 Å². The summed E-state index contributed by atoms with van der Waals surface area (Å²) in [5.41, 5.74) is 18.6. The van der Waals surface area contributed by atoms with E-state index in [-0.39, 0.29) is 0 Å². The minimum Gasteiger partial charge on any atom is -0.348 e. The molecule has 0 aliphatic rings. The molecule has 0 N–H and O–H groups in total. The van der Waals surface area contributed by atoms with Gasteiger partial charge in [-0.3, -0.25) is 0 Å². The Morgan fingerprint density at radius 3 is 1.95 bits per heavy atom. The highest BCUT2D eigenvalue weighted by Gasteiger charge is 2.18. The van der Waals surface area contributed by atoms with Crippen molar-refractivity contribution in [3.05, 3.63) is 87.5 Å². The highest BCUT2D eigenvalue weighted by atomic mass is 14.8. The maximum absolute atomic E-state index is 9.59. The van der Waals surface area contributed by atoms with Crippen LogP contribution in [-0.2, 0) is 12.8 Å². The third-order valence-corrected chi connectivity index (χ3v) is 7.76. The van der Waals surface area contributed by atoms with Crippen LogP contribution in [0.2, 0.25) is 0 Å². The van der Waals surface area contributed by atoms with Gasteiger partial charge in [-0.1, -0.05) is 134 Å².